The third kappa shape index (κ3) is 3.70. The molecule has 2 unspecified atom stereocenters. The van der Waals surface area contributed by atoms with Crippen molar-refractivity contribution in [2.45, 2.75) is 63.6 Å². The van der Waals surface area contributed by atoms with Crippen molar-refractivity contribution in [3.63, 3.8) is 0 Å². The van der Waals surface area contributed by atoms with E-state index in [2.05, 4.69) is 16.0 Å². The third-order valence-corrected chi connectivity index (χ3v) is 3.81. The van der Waals surface area contributed by atoms with Crippen molar-refractivity contribution in [1.82, 2.24) is 16.0 Å². The topological polar surface area (TPSA) is 70.2 Å². The minimum atomic E-state index is -0.232. The highest BCUT2D eigenvalue weighted by atomic mass is 16.2. The number of carbonyl (C=O) groups excluding carboxylic acids is 2. The van der Waals surface area contributed by atoms with Crippen LogP contribution in [0.15, 0.2) is 0 Å². The highest BCUT2D eigenvalue weighted by Gasteiger charge is 2.26. The normalized spacial score (nSPS) is 26.7. The lowest BCUT2D eigenvalue weighted by atomic mass is 9.95. The van der Waals surface area contributed by atoms with Gasteiger partial charge < -0.3 is 16.0 Å². The summed E-state index contributed by atoms with van der Waals surface area (Å²) in [5.41, 5.74) is 0. The molecule has 0 aromatic heterocycles. The molecule has 0 aromatic rings. The smallest absolute Gasteiger partial charge is 0.237 e. The molecule has 3 N–H and O–H groups in total. The van der Waals surface area contributed by atoms with Crippen molar-refractivity contribution in [2.24, 2.45) is 0 Å². The molecule has 2 fully saturated rings. The molecule has 1 saturated heterocycles. The summed E-state index contributed by atoms with van der Waals surface area (Å²) >= 11 is 0. The van der Waals surface area contributed by atoms with E-state index in [1.165, 1.54) is 19.3 Å². The molecule has 1 aliphatic carbocycles. The predicted octanol–water partition coefficient (Wildman–Crippen LogP) is 0.302. The van der Waals surface area contributed by atoms with Crippen LogP contribution in [0.4, 0.5) is 0 Å². The number of hydrogen-bond acceptors (Lipinski definition) is 3. The average Bonchev–Trinajstić information content (AvgIpc) is 2.76. The molecule has 2 aliphatic rings. The van der Waals surface area contributed by atoms with Crippen LogP contribution in [0.25, 0.3) is 0 Å². The van der Waals surface area contributed by atoms with Crippen molar-refractivity contribution in [1.29, 1.82) is 0 Å². The Morgan fingerprint density at radius 1 is 1.28 bits per heavy atom. The summed E-state index contributed by atoms with van der Waals surface area (Å²) in [5, 5.41) is 9.06. The molecule has 18 heavy (non-hydrogen) atoms. The lowest BCUT2D eigenvalue weighted by molar-refractivity contribution is -0.124. The number of rotatable bonds is 4. The maximum Gasteiger partial charge on any atom is 0.237 e. The quantitative estimate of drug-likeness (QED) is 0.675. The van der Waals surface area contributed by atoms with Gasteiger partial charge in [0.2, 0.25) is 11.8 Å². The predicted molar refractivity (Wildman–Crippen MR) is 69.0 cm³/mol. The van der Waals surface area contributed by atoms with E-state index in [0.717, 1.165) is 12.8 Å². The molecule has 5 nitrogen and oxygen atoms in total. The summed E-state index contributed by atoms with van der Waals surface area (Å²) in [6, 6.07) is 0.202. The van der Waals surface area contributed by atoms with Gasteiger partial charge in [-0.1, -0.05) is 19.3 Å². The van der Waals surface area contributed by atoms with Crippen LogP contribution in [0, 0.1) is 0 Å². The average molecular weight is 253 g/mol. The highest BCUT2D eigenvalue weighted by Crippen LogP contribution is 2.17. The fourth-order valence-electron chi connectivity index (χ4n) is 2.73. The Balaban J connectivity index is 1.72. The van der Waals surface area contributed by atoms with E-state index < -0.39 is 0 Å². The van der Waals surface area contributed by atoms with Gasteiger partial charge in [-0.2, -0.15) is 0 Å². The third-order valence-electron chi connectivity index (χ3n) is 3.81. The second-order valence-corrected chi connectivity index (χ2v) is 5.44. The molecule has 2 atom stereocenters. The van der Waals surface area contributed by atoms with Crippen LogP contribution < -0.4 is 16.0 Å². The number of carbonyl (C=O) groups is 2. The largest absolute Gasteiger partial charge is 0.354 e. The Labute approximate surface area is 108 Å². The van der Waals surface area contributed by atoms with Gasteiger partial charge in [0, 0.05) is 25.0 Å². The highest BCUT2D eigenvalue weighted by molar-refractivity contribution is 5.82. The second kappa shape index (κ2) is 6.18. The number of hydrogen-bond donors (Lipinski definition) is 3. The van der Waals surface area contributed by atoms with Gasteiger partial charge in [0.1, 0.15) is 0 Å². The van der Waals surface area contributed by atoms with Crippen LogP contribution >= 0.6 is 0 Å². The molecule has 2 rings (SSSR count). The van der Waals surface area contributed by atoms with Crippen LogP contribution in [-0.2, 0) is 9.59 Å². The fourth-order valence-corrected chi connectivity index (χ4v) is 2.73. The van der Waals surface area contributed by atoms with Gasteiger partial charge in [-0.25, -0.2) is 0 Å². The van der Waals surface area contributed by atoms with E-state index in [4.69, 9.17) is 0 Å². The molecule has 102 valence electrons. The zero-order valence-electron chi connectivity index (χ0n) is 11.0. The first-order valence-corrected chi connectivity index (χ1v) is 6.98. The van der Waals surface area contributed by atoms with E-state index in [9.17, 15) is 9.59 Å². The number of nitrogens with one attached hydrogen (secondary N) is 3. The van der Waals surface area contributed by atoms with E-state index in [0.29, 0.717) is 19.0 Å². The fraction of sp³-hybridized carbons (Fsp3) is 0.846. The minimum absolute atomic E-state index is 0.0567. The van der Waals surface area contributed by atoms with Crippen molar-refractivity contribution >= 4 is 11.8 Å². The Kier molecular flexibility index (Phi) is 4.58. The van der Waals surface area contributed by atoms with Gasteiger partial charge in [-0.15, -0.1) is 0 Å². The maximum atomic E-state index is 12.0. The van der Waals surface area contributed by atoms with E-state index in [1.807, 2.05) is 6.92 Å². The summed E-state index contributed by atoms with van der Waals surface area (Å²) in [4.78, 5) is 23.1. The van der Waals surface area contributed by atoms with Crippen molar-refractivity contribution in [3.8, 4) is 0 Å². The Morgan fingerprint density at radius 2 is 2.00 bits per heavy atom. The van der Waals surface area contributed by atoms with E-state index >= 15 is 0 Å². The van der Waals surface area contributed by atoms with Crippen LogP contribution in [0.3, 0.4) is 0 Å². The molecule has 0 spiro atoms. The van der Waals surface area contributed by atoms with Gasteiger partial charge in [0.15, 0.2) is 0 Å². The van der Waals surface area contributed by atoms with Crippen LogP contribution in [0.2, 0.25) is 0 Å². The molecule has 2 amide bonds. The standard InChI is InChI=1S/C13H23N3O2/c1-9(15-11-7-12(17)14-8-11)13(18)16-10-5-3-2-4-6-10/h9-11,15H,2-8H2,1H3,(H,14,17)(H,16,18). The SMILES string of the molecule is CC(NC1CNC(=O)C1)C(=O)NC1CCCCC1. The summed E-state index contributed by atoms with van der Waals surface area (Å²) in [5.74, 6) is 0.119. The molecule has 5 heteroatoms. The lowest BCUT2D eigenvalue weighted by Crippen LogP contribution is -2.50. The zero-order valence-corrected chi connectivity index (χ0v) is 11.0. The van der Waals surface area contributed by atoms with Gasteiger partial charge >= 0.3 is 0 Å². The van der Waals surface area contributed by atoms with Crippen molar-refractivity contribution < 1.29 is 9.59 Å². The van der Waals surface area contributed by atoms with Crippen molar-refractivity contribution in [3.05, 3.63) is 0 Å². The molecule has 1 aliphatic heterocycles. The van der Waals surface area contributed by atoms with Gasteiger partial charge in [0.05, 0.1) is 6.04 Å². The summed E-state index contributed by atoms with van der Waals surface area (Å²) in [7, 11) is 0. The Hall–Kier alpha value is -1.10. The Morgan fingerprint density at radius 3 is 2.61 bits per heavy atom. The first-order chi connectivity index (χ1) is 8.65. The monoisotopic (exact) mass is 253 g/mol. The van der Waals surface area contributed by atoms with Crippen LogP contribution in [-0.4, -0.2) is 36.5 Å². The molecule has 0 radical (unpaired) electrons. The van der Waals surface area contributed by atoms with Crippen LogP contribution in [0.1, 0.15) is 45.4 Å². The maximum absolute atomic E-state index is 12.0. The Bertz CT molecular complexity index is 313. The second-order valence-electron chi connectivity index (χ2n) is 5.44. The van der Waals surface area contributed by atoms with Gasteiger partial charge in [0.25, 0.3) is 0 Å². The van der Waals surface area contributed by atoms with E-state index in [1.54, 1.807) is 0 Å². The minimum Gasteiger partial charge on any atom is -0.354 e. The summed E-state index contributed by atoms with van der Waals surface area (Å²) in [6.07, 6.45) is 6.39. The zero-order chi connectivity index (χ0) is 13.0. The van der Waals surface area contributed by atoms with Crippen LogP contribution in [0.5, 0.6) is 0 Å². The molecule has 0 bridgehead atoms. The first-order valence-electron chi connectivity index (χ1n) is 6.98. The molecule has 0 aromatic carbocycles. The molecule has 1 saturated carbocycles. The van der Waals surface area contributed by atoms with Gasteiger partial charge in [-0.05, 0) is 19.8 Å². The summed E-state index contributed by atoms with van der Waals surface area (Å²) in [6.45, 7) is 2.49. The summed E-state index contributed by atoms with van der Waals surface area (Å²) < 4.78 is 0. The number of amides is 2. The molecular formula is C13H23N3O2. The molecule has 1 heterocycles. The molecular weight excluding hydrogens is 230 g/mol. The first kappa shape index (κ1) is 13.3. The van der Waals surface area contributed by atoms with Crippen molar-refractivity contribution in [2.75, 3.05) is 6.54 Å². The van der Waals surface area contributed by atoms with Gasteiger partial charge in [-0.3, -0.25) is 9.59 Å². The van der Waals surface area contributed by atoms with E-state index in [-0.39, 0.29) is 23.9 Å². The lowest BCUT2D eigenvalue weighted by Gasteiger charge is -2.25.